The summed E-state index contributed by atoms with van der Waals surface area (Å²) in [5.74, 6) is 2.50. The fraction of sp³-hybridized carbons (Fsp3) is 0.650. The molecular formula is C20H28N2O3. The molecule has 2 aliphatic carbocycles. The number of hydrogen-bond acceptors (Lipinski definition) is 4. The van der Waals surface area contributed by atoms with Crippen molar-refractivity contribution < 1.29 is 14.3 Å². The number of nitrogens with two attached hydrogens (primary N) is 1. The minimum atomic E-state index is -0.0248. The Balaban J connectivity index is 1.29. The monoisotopic (exact) mass is 344 g/mol. The topological polar surface area (TPSA) is 73.6 Å². The second kappa shape index (κ2) is 7.34. The summed E-state index contributed by atoms with van der Waals surface area (Å²) < 4.78 is 11.2. The Bertz CT molecular complexity index is 595. The number of ether oxygens (including phenoxy) is 2. The van der Waals surface area contributed by atoms with Gasteiger partial charge in [-0.05, 0) is 74.1 Å². The molecule has 3 fully saturated rings. The predicted molar refractivity (Wildman–Crippen MR) is 96.4 cm³/mol. The van der Waals surface area contributed by atoms with Crippen LogP contribution in [0.2, 0.25) is 0 Å². The molecule has 0 aromatic heterocycles. The summed E-state index contributed by atoms with van der Waals surface area (Å²) in [6.45, 7) is 2.41. The number of fused-ring (bicyclic) bond motifs is 2. The maximum Gasteiger partial charge on any atom is 0.229 e. The smallest absolute Gasteiger partial charge is 0.229 e. The average Bonchev–Trinajstić information content (AvgIpc) is 3.23. The Morgan fingerprint density at radius 2 is 1.84 bits per heavy atom. The Labute approximate surface area is 149 Å². The lowest BCUT2D eigenvalue weighted by molar-refractivity contribution is -0.121. The Hall–Kier alpha value is -1.59. The molecule has 25 heavy (non-hydrogen) atoms. The molecule has 1 amide bonds. The van der Waals surface area contributed by atoms with Crippen LogP contribution in [0.25, 0.3) is 0 Å². The van der Waals surface area contributed by atoms with Gasteiger partial charge in [0.2, 0.25) is 5.91 Å². The van der Waals surface area contributed by atoms with Crippen molar-refractivity contribution >= 4 is 11.6 Å². The zero-order valence-corrected chi connectivity index (χ0v) is 14.7. The molecule has 4 rings (SSSR count). The molecular weight excluding hydrogens is 316 g/mol. The Morgan fingerprint density at radius 1 is 1.12 bits per heavy atom. The van der Waals surface area contributed by atoms with Gasteiger partial charge in [0.1, 0.15) is 5.75 Å². The van der Waals surface area contributed by atoms with Crippen molar-refractivity contribution in [3.05, 3.63) is 24.3 Å². The lowest BCUT2D eigenvalue weighted by Gasteiger charge is -2.27. The zero-order valence-electron chi connectivity index (χ0n) is 14.7. The van der Waals surface area contributed by atoms with E-state index in [-0.39, 0.29) is 17.9 Å². The predicted octanol–water partition coefficient (Wildman–Crippen LogP) is 2.80. The van der Waals surface area contributed by atoms with Crippen LogP contribution in [0.5, 0.6) is 5.75 Å². The molecule has 1 aromatic carbocycles. The van der Waals surface area contributed by atoms with Crippen molar-refractivity contribution in [3.63, 3.8) is 0 Å². The van der Waals surface area contributed by atoms with Gasteiger partial charge in [-0.25, -0.2) is 0 Å². The van der Waals surface area contributed by atoms with Gasteiger partial charge in [0.05, 0.1) is 12.5 Å². The number of rotatable bonds is 5. The summed E-state index contributed by atoms with van der Waals surface area (Å²) in [6.07, 6.45) is 5.60. The third-order valence-corrected chi connectivity index (χ3v) is 6.23. The molecule has 1 saturated heterocycles. The molecule has 2 bridgehead atoms. The SMILES string of the molecule is NC1C2CCC(C2)C1C(=O)Nc1ccc(OCC2CCOCC2)cc1. The van der Waals surface area contributed by atoms with Crippen molar-refractivity contribution in [1.82, 2.24) is 0 Å². The molecule has 0 spiro atoms. The number of hydrogen-bond donors (Lipinski definition) is 2. The summed E-state index contributed by atoms with van der Waals surface area (Å²) in [5.41, 5.74) is 7.08. The number of nitrogens with one attached hydrogen (secondary N) is 1. The first-order valence-corrected chi connectivity index (χ1v) is 9.58. The third-order valence-electron chi connectivity index (χ3n) is 6.23. The zero-order chi connectivity index (χ0) is 17.2. The van der Waals surface area contributed by atoms with E-state index in [1.807, 2.05) is 24.3 Å². The van der Waals surface area contributed by atoms with Gasteiger partial charge >= 0.3 is 0 Å². The summed E-state index contributed by atoms with van der Waals surface area (Å²) >= 11 is 0. The fourth-order valence-corrected chi connectivity index (χ4v) is 4.71. The first-order valence-electron chi connectivity index (χ1n) is 9.58. The van der Waals surface area contributed by atoms with Crippen LogP contribution in [0, 0.1) is 23.7 Å². The van der Waals surface area contributed by atoms with Crippen LogP contribution in [0.15, 0.2) is 24.3 Å². The molecule has 0 radical (unpaired) electrons. The summed E-state index contributed by atoms with van der Waals surface area (Å²) in [6, 6.07) is 7.71. The highest BCUT2D eigenvalue weighted by atomic mass is 16.5. The van der Waals surface area contributed by atoms with E-state index in [9.17, 15) is 4.79 Å². The molecule has 1 heterocycles. The van der Waals surface area contributed by atoms with Crippen molar-refractivity contribution in [2.75, 3.05) is 25.1 Å². The molecule has 3 aliphatic rings. The van der Waals surface area contributed by atoms with E-state index in [0.717, 1.165) is 56.9 Å². The Morgan fingerprint density at radius 3 is 2.52 bits per heavy atom. The van der Waals surface area contributed by atoms with Gasteiger partial charge in [0, 0.05) is 24.9 Å². The molecule has 2 saturated carbocycles. The third kappa shape index (κ3) is 3.67. The van der Waals surface area contributed by atoms with E-state index >= 15 is 0 Å². The lowest BCUT2D eigenvalue weighted by Crippen LogP contribution is -2.42. The highest BCUT2D eigenvalue weighted by molar-refractivity contribution is 5.93. The minimum absolute atomic E-state index is 0.0248. The van der Waals surface area contributed by atoms with Crippen LogP contribution < -0.4 is 15.8 Å². The average molecular weight is 344 g/mol. The number of benzene rings is 1. The molecule has 4 atom stereocenters. The van der Waals surface area contributed by atoms with E-state index < -0.39 is 0 Å². The van der Waals surface area contributed by atoms with Crippen LogP contribution in [-0.2, 0) is 9.53 Å². The van der Waals surface area contributed by atoms with Gasteiger partial charge in [0.15, 0.2) is 0 Å². The van der Waals surface area contributed by atoms with Crippen LogP contribution in [0.1, 0.15) is 32.1 Å². The molecule has 5 heteroatoms. The van der Waals surface area contributed by atoms with Crippen molar-refractivity contribution in [1.29, 1.82) is 0 Å². The molecule has 1 aliphatic heterocycles. The van der Waals surface area contributed by atoms with E-state index in [1.165, 1.54) is 6.42 Å². The summed E-state index contributed by atoms with van der Waals surface area (Å²) in [4.78, 5) is 12.6. The first kappa shape index (κ1) is 16.9. The number of carbonyl (C=O) groups is 1. The van der Waals surface area contributed by atoms with Gasteiger partial charge in [-0.15, -0.1) is 0 Å². The Kier molecular flexibility index (Phi) is 4.95. The van der Waals surface area contributed by atoms with E-state index in [4.69, 9.17) is 15.2 Å². The molecule has 3 N–H and O–H groups in total. The van der Waals surface area contributed by atoms with Crippen molar-refractivity contribution in [2.45, 2.75) is 38.1 Å². The maximum atomic E-state index is 12.6. The highest BCUT2D eigenvalue weighted by Gasteiger charge is 2.49. The standard InChI is InChI=1S/C20H28N2O3/c21-19-15-2-1-14(11-15)18(19)20(23)22-16-3-5-17(6-4-16)25-12-13-7-9-24-10-8-13/h3-6,13-15,18-19H,1-2,7-12,21H2,(H,22,23). The van der Waals surface area contributed by atoms with Gasteiger partial charge in [-0.3, -0.25) is 4.79 Å². The van der Waals surface area contributed by atoms with Crippen LogP contribution >= 0.6 is 0 Å². The lowest BCUT2D eigenvalue weighted by atomic mass is 9.84. The van der Waals surface area contributed by atoms with Gasteiger partial charge in [-0.2, -0.15) is 0 Å². The van der Waals surface area contributed by atoms with Gasteiger partial charge in [-0.1, -0.05) is 0 Å². The second-order valence-electron chi connectivity index (χ2n) is 7.82. The fourth-order valence-electron chi connectivity index (χ4n) is 4.71. The first-order chi connectivity index (χ1) is 12.2. The largest absolute Gasteiger partial charge is 0.493 e. The van der Waals surface area contributed by atoms with E-state index in [2.05, 4.69) is 5.32 Å². The summed E-state index contributed by atoms with van der Waals surface area (Å²) in [7, 11) is 0. The number of carbonyl (C=O) groups excluding carboxylic acids is 1. The quantitative estimate of drug-likeness (QED) is 0.861. The van der Waals surface area contributed by atoms with Crippen LogP contribution in [-0.4, -0.2) is 31.8 Å². The van der Waals surface area contributed by atoms with Crippen LogP contribution in [0.4, 0.5) is 5.69 Å². The molecule has 4 unspecified atom stereocenters. The van der Waals surface area contributed by atoms with Gasteiger partial charge in [0.25, 0.3) is 0 Å². The molecule has 5 nitrogen and oxygen atoms in total. The maximum absolute atomic E-state index is 12.6. The number of anilines is 1. The van der Waals surface area contributed by atoms with Crippen molar-refractivity contribution in [2.24, 2.45) is 29.4 Å². The van der Waals surface area contributed by atoms with Crippen molar-refractivity contribution in [3.8, 4) is 5.75 Å². The van der Waals surface area contributed by atoms with E-state index in [0.29, 0.717) is 17.8 Å². The molecule has 136 valence electrons. The highest BCUT2D eigenvalue weighted by Crippen LogP contribution is 2.47. The number of amides is 1. The van der Waals surface area contributed by atoms with Gasteiger partial charge < -0.3 is 20.5 Å². The normalized spacial score (nSPS) is 31.9. The van der Waals surface area contributed by atoms with Crippen LogP contribution in [0.3, 0.4) is 0 Å². The summed E-state index contributed by atoms with van der Waals surface area (Å²) in [5, 5.41) is 3.04. The minimum Gasteiger partial charge on any atom is -0.493 e. The second-order valence-corrected chi connectivity index (χ2v) is 7.82. The van der Waals surface area contributed by atoms with E-state index in [1.54, 1.807) is 0 Å². The molecule has 1 aromatic rings.